The number of carbonyl (C=O) groups excluding carboxylic acids is 3. The molecule has 2 atom stereocenters. The van der Waals surface area contributed by atoms with Gasteiger partial charge in [-0.15, -0.1) is 0 Å². The summed E-state index contributed by atoms with van der Waals surface area (Å²) in [6, 6.07) is 24.4. The number of likely N-dealkylation sites (N-methyl/N-ethyl adjacent to an activating group) is 1. The van der Waals surface area contributed by atoms with Crippen LogP contribution < -0.4 is 10.1 Å². The van der Waals surface area contributed by atoms with E-state index in [4.69, 9.17) is 9.47 Å². The average Bonchev–Trinajstić information content (AvgIpc) is 3.34. The Morgan fingerprint density at radius 3 is 2.34 bits per heavy atom. The molecule has 1 fully saturated rings. The number of amides is 4. The molecule has 1 N–H and O–H groups in total. The van der Waals surface area contributed by atoms with Gasteiger partial charge in [-0.3, -0.25) is 14.5 Å². The van der Waals surface area contributed by atoms with E-state index in [1.807, 2.05) is 91.9 Å². The molecular weight excluding hydrogens is 520 g/mol. The van der Waals surface area contributed by atoms with Gasteiger partial charge >= 0.3 is 6.03 Å². The van der Waals surface area contributed by atoms with E-state index >= 15 is 0 Å². The number of benzene rings is 3. The molecule has 210 valence electrons. The molecule has 3 aromatic carbocycles. The minimum Gasteiger partial charge on any atom is -0.457 e. The SMILES string of the molecule is CCN1C(=O)NC(c2cccc(Oc3ccccc3)c2)C2=C1CN(C(C(=O)N1CCOCC1)c1ccccc1)C2=O. The zero-order chi connectivity index (χ0) is 28.3. The fourth-order valence-electron chi connectivity index (χ4n) is 5.74. The van der Waals surface area contributed by atoms with Gasteiger partial charge in [0.25, 0.3) is 5.91 Å². The first-order valence-corrected chi connectivity index (χ1v) is 13.9. The molecule has 3 aliphatic rings. The topological polar surface area (TPSA) is 91.4 Å². The Kier molecular flexibility index (Phi) is 7.43. The normalized spacial score (nSPS) is 19.6. The molecule has 0 bridgehead atoms. The molecule has 6 rings (SSSR count). The van der Waals surface area contributed by atoms with Crippen molar-refractivity contribution in [1.29, 1.82) is 0 Å². The number of para-hydroxylation sites is 1. The van der Waals surface area contributed by atoms with Crippen LogP contribution in [0, 0.1) is 0 Å². The van der Waals surface area contributed by atoms with Gasteiger partial charge < -0.3 is 24.6 Å². The zero-order valence-corrected chi connectivity index (χ0v) is 22.9. The summed E-state index contributed by atoms with van der Waals surface area (Å²) in [7, 11) is 0. The van der Waals surface area contributed by atoms with Crippen LogP contribution in [0.1, 0.15) is 30.1 Å². The lowest BCUT2D eigenvalue weighted by Crippen LogP contribution is -2.48. The molecule has 0 saturated carbocycles. The summed E-state index contributed by atoms with van der Waals surface area (Å²) in [5.74, 6) is 0.859. The predicted molar refractivity (Wildman–Crippen MR) is 152 cm³/mol. The molecule has 4 amide bonds. The van der Waals surface area contributed by atoms with Crippen molar-refractivity contribution in [1.82, 2.24) is 20.0 Å². The second-order valence-electron chi connectivity index (χ2n) is 10.2. The Bertz CT molecular complexity index is 1470. The van der Waals surface area contributed by atoms with Gasteiger partial charge in [-0.25, -0.2) is 4.79 Å². The Morgan fingerprint density at radius 2 is 1.63 bits per heavy atom. The highest BCUT2D eigenvalue weighted by Crippen LogP contribution is 2.41. The third kappa shape index (κ3) is 5.16. The summed E-state index contributed by atoms with van der Waals surface area (Å²) < 4.78 is 11.5. The summed E-state index contributed by atoms with van der Waals surface area (Å²) in [6.45, 7) is 4.28. The van der Waals surface area contributed by atoms with Crippen molar-refractivity contribution >= 4 is 17.8 Å². The molecule has 0 aliphatic carbocycles. The van der Waals surface area contributed by atoms with E-state index in [1.54, 1.807) is 14.7 Å². The molecular formula is C32H32N4O5. The first kappa shape index (κ1) is 26.6. The maximum absolute atomic E-state index is 14.3. The van der Waals surface area contributed by atoms with E-state index in [2.05, 4.69) is 5.32 Å². The molecule has 2 unspecified atom stereocenters. The van der Waals surface area contributed by atoms with Crippen LogP contribution in [0.5, 0.6) is 11.5 Å². The van der Waals surface area contributed by atoms with Crippen molar-refractivity contribution in [3.8, 4) is 11.5 Å². The Labute approximate surface area is 238 Å². The molecule has 0 aromatic heterocycles. The molecule has 3 aromatic rings. The van der Waals surface area contributed by atoms with Crippen LogP contribution in [-0.4, -0.2) is 71.9 Å². The number of ether oxygens (including phenoxy) is 2. The molecule has 3 heterocycles. The van der Waals surface area contributed by atoms with Crippen LogP contribution in [0.15, 0.2) is 96.2 Å². The number of hydrogen-bond donors (Lipinski definition) is 1. The number of carbonyl (C=O) groups is 3. The summed E-state index contributed by atoms with van der Waals surface area (Å²) >= 11 is 0. The monoisotopic (exact) mass is 552 g/mol. The summed E-state index contributed by atoms with van der Waals surface area (Å²) in [5.41, 5.74) is 2.55. The van der Waals surface area contributed by atoms with Gasteiger partial charge in [-0.05, 0) is 42.3 Å². The third-order valence-corrected chi connectivity index (χ3v) is 7.72. The quantitative estimate of drug-likeness (QED) is 0.473. The summed E-state index contributed by atoms with van der Waals surface area (Å²) in [5, 5.41) is 3.03. The number of rotatable bonds is 7. The Hall–Kier alpha value is -4.63. The van der Waals surface area contributed by atoms with Gasteiger partial charge in [0.05, 0.1) is 37.1 Å². The minimum atomic E-state index is -0.824. The number of nitrogens with zero attached hydrogens (tertiary/aromatic N) is 3. The van der Waals surface area contributed by atoms with E-state index in [0.29, 0.717) is 55.6 Å². The standard InChI is InChI=1S/C32H32N4O5/c1-2-35-26-21-36(29(22-10-5-3-6-11-22)31(38)34-16-18-40-19-17-34)30(37)27(26)28(33-32(35)39)23-12-9-15-25(20-23)41-24-13-7-4-8-14-24/h3-15,20,28-29H,2,16-19,21H2,1H3,(H,33,39). The van der Waals surface area contributed by atoms with Gasteiger partial charge in [0.1, 0.15) is 17.5 Å². The van der Waals surface area contributed by atoms with Gasteiger partial charge in [0.2, 0.25) is 5.91 Å². The van der Waals surface area contributed by atoms with Crippen molar-refractivity contribution in [2.45, 2.75) is 19.0 Å². The summed E-state index contributed by atoms with van der Waals surface area (Å²) in [6.07, 6.45) is 0. The minimum absolute atomic E-state index is 0.148. The highest BCUT2D eigenvalue weighted by Gasteiger charge is 2.48. The van der Waals surface area contributed by atoms with Crippen molar-refractivity contribution in [2.75, 3.05) is 39.4 Å². The lowest BCUT2D eigenvalue weighted by Gasteiger charge is -2.35. The van der Waals surface area contributed by atoms with Crippen molar-refractivity contribution in [3.05, 3.63) is 107 Å². The average molecular weight is 553 g/mol. The van der Waals surface area contributed by atoms with Crippen molar-refractivity contribution in [3.63, 3.8) is 0 Å². The third-order valence-electron chi connectivity index (χ3n) is 7.72. The molecule has 0 spiro atoms. The first-order valence-electron chi connectivity index (χ1n) is 13.9. The molecule has 41 heavy (non-hydrogen) atoms. The van der Waals surface area contributed by atoms with Crippen LogP contribution >= 0.6 is 0 Å². The molecule has 1 saturated heterocycles. The number of nitrogens with one attached hydrogen (secondary N) is 1. The maximum atomic E-state index is 14.3. The fourth-order valence-corrected chi connectivity index (χ4v) is 5.74. The van der Waals surface area contributed by atoms with Crippen LogP contribution in [0.25, 0.3) is 0 Å². The lowest BCUT2D eigenvalue weighted by atomic mass is 9.95. The van der Waals surface area contributed by atoms with Gasteiger partial charge in [-0.2, -0.15) is 0 Å². The number of urea groups is 1. The second kappa shape index (κ2) is 11.5. The zero-order valence-electron chi connectivity index (χ0n) is 22.9. The summed E-state index contributed by atoms with van der Waals surface area (Å²) in [4.78, 5) is 46.6. The van der Waals surface area contributed by atoms with E-state index in [0.717, 1.165) is 11.1 Å². The second-order valence-corrected chi connectivity index (χ2v) is 10.2. The van der Waals surface area contributed by atoms with Gasteiger partial charge in [0, 0.05) is 19.6 Å². The van der Waals surface area contributed by atoms with E-state index in [-0.39, 0.29) is 24.4 Å². The maximum Gasteiger partial charge on any atom is 0.322 e. The smallest absolute Gasteiger partial charge is 0.322 e. The largest absolute Gasteiger partial charge is 0.457 e. The van der Waals surface area contributed by atoms with Crippen LogP contribution in [0.4, 0.5) is 4.79 Å². The van der Waals surface area contributed by atoms with E-state index in [9.17, 15) is 14.4 Å². The van der Waals surface area contributed by atoms with E-state index < -0.39 is 12.1 Å². The highest BCUT2D eigenvalue weighted by atomic mass is 16.5. The van der Waals surface area contributed by atoms with Gasteiger partial charge in [-0.1, -0.05) is 60.7 Å². The highest BCUT2D eigenvalue weighted by molar-refractivity contribution is 6.04. The molecule has 3 aliphatic heterocycles. The van der Waals surface area contributed by atoms with Crippen molar-refractivity contribution in [2.24, 2.45) is 0 Å². The predicted octanol–water partition coefficient (Wildman–Crippen LogP) is 4.26. The number of morpholine rings is 1. The van der Waals surface area contributed by atoms with Crippen LogP contribution in [0.2, 0.25) is 0 Å². The molecule has 9 nitrogen and oxygen atoms in total. The van der Waals surface area contributed by atoms with E-state index in [1.165, 1.54) is 0 Å². The molecule has 9 heteroatoms. The van der Waals surface area contributed by atoms with Crippen LogP contribution in [-0.2, 0) is 14.3 Å². The van der Waals surface area contributed by atoms with Crippen LogP contribution in [0.3, 0.4) is 0 Å². The Balaban J connectivity index is 1.36. The van der Waals surface area contributed by atoms with Crippen molar-refractivity contribution < 1.29 is 23.9 Å². The Morgan fingerprint density at radius 1 is 0.951 bits per heavy atom. The fraction of sp³-hybridized carbons (Fsp3) is 0.281. The first-order chi connectivity index (χ1) is 20.0. The molecule has 0 radical (unpaired) electrons. The lowest BCUT2D eigenvalue weighted by molar-refractivity contribution is -0.146. The number of hydrogen-bond acceptors (Lipinski definition) is 5. The van der Waals surface area contributed by atoms with Gasteiger partial charge in [0.15, 0.2) is 0 Å².